The summed E-state index contributed by atoms with van der Waals surface area (Å²) in [6.07, 6.45) is -3.51. The SMILES string of the molecule is NCc1nccc(OC(F)(F)F)c1Br. The van der Waals surface area contributed by atoms with Crippen molar-refractivity contribution < 1.29 is 17.9 Å². The van der Waals surface area contributed by atoms with Crippen molar-refractivity contribution in [3.8, 4) is 5.75 Å². The summed E-state index contributed by atoms with van der Waals surface area (Å²) in [5.41, 5.74) is 5.57. The maximum atomic E-state index is 11.9. The lowest BCUT2D eigenvalue weighted by atomic mass is 10.3. The number of ether oxygens (including phenoxy) is 1. The Balaban J connectivity index is 2.98. The van der Waals surface area contributed by atoms with Gasteiger partial charge in [-0.2, -0.15) is 0 Å². The molecule has 0 spiro atoms. The zero-order valence-corrected chi connectivity index (χ0v) is 8.39. The minimum atomic E-state index is -4.71. The van der Waals surface area contributed by atoms with Gasteiger partial charge in [-0.15, -0.1) is 13.2 Å². The number of nitrogens with two attached hydrogens (primary N) is 1. The third-order valence-corrected chi connectivity index (χ3v) is 2.19. The first-order valence-corrected chi connectivity index (χ1v) is 4.32. The van der Waals surface area contributed by atoms with Crippen LogP contribution in [0.2, 0.25) is 0 Å². The zero-order chi connectivity index (χ0) is 10.8. The summed E-state index contributed by atoms with van der Waals surface area (Å²) in [5, 5.41) is 0. The van der Waals surface area contributed by atoms with Crippen LogP contribution in [0.4, 0.5) is 13.2 Å². The van der Waals surface area contributed by atoms with Crippen molar-refractivity contribution in [3.05, 3.63) is 22.4 Å². The largest absolute Gasteiger partial charge is 0.573 e. The van der Waals surface area contributed by atoms with Gasteiger partial charge in [-0.1, -0.05) is 0 Å². The first-order chi connectivity index (χ1) is 6.44. The maximum absolute atomic E-state index is 11.9. The van der Waals surface area contributed by atoms with Crippen LogP contribution in [0.25, 0.3) is 0 Å². The van der Waals surface area contributed by atoms with E-state index in [0.29, 0.717) is 5.69 Å². The Kier molecular flexibility index (Phi) is 3.33. The van der Waals surface area contributed by atoms with Gasteiger partial charge in [0.15, 0.2) is 0 Å². The molecule has 3 nitrogen and oxygen atoms in total. The molecule has 0 saturated heterocycles. The van der Waals surface area contributed by atoms with Gasteiger partial charge in [-0.3, -0.25) is 4.98 Å². The fourth-order valence-electron chi connectivity index (χ4n) is 0.813. The molecule has 0 saturated carbocycles. The minimum absolute atomic E-state index is 0.0373. The molecule has 0 bridgehead atoms. The zero-order valence-electron chi connectivity index (χ0n) is 6.81. The topological polar surface area (TPSA) is 48.1 Å². The van der Waals surface area contributed by atoms with Crippen molar-refractivity contribution in [2.24, 2.45) is 5.73 Å². The predicted molar refractivity (Wildman–Crippen MR) is 46.5 cm³/mol. The molecule has 0 aliphatic rings. The molecule has 0 unspecified atom stereocenters. The molecule has 0 atom stereocenters. The molecular formula is C7H6BrF3N2O. The van der Waals surface area contributed by atoms with Crippen molar-refractivity contribution >= 4 is 15.9 Å². The number of hydrogen-bond donors (Lipinski definition) is 1. The second-order valence-corrected chi connectivity index (χ2v) is 3.11. The van der Waals surface area contributed by atoms with E-state index in [-0.39, 0.29) is 16.8 Å². The Morgan fingerprint density at radius 2 is 2.14 bits per heavy atom. The van der Waals surface area contributed by atoms with E-state index in [1.54, 1.807) is 0 Å². The van der Waals surface area contributed by atoms with Crippen molar-refractivity contribution in [3.63, 3.8) is 0 Å². The van der Waals surface area contributed by atoms with E-state index < -0.39 is 6.36 Å². The number of alkyl halides is 3. The Morgan fingerprint density at radius 3 is 2.64 bits per heavy atom. The second kappa shape index (κ2) is 4.14. The van der Waals surface area contributed by atoms with Crippen LogP contribution < -0.4 is 10.5 Å². The average molecular weight is 271 g/mol. The Hall–Kier alpha value is -0.820. The number of aromatic nitrogens is 1. The molecule has 0 aliphatic heterocycles. The van der Waals surface area contributed by atoms with E-state index in [9.17, 15) is 13.2 Å². The van der Waals surface area contributed by atoms with Crippen molar-refractivity contribution in [2.45, 2.75) is 12.9 Å². The highest BCUT2D eigenvalue weighted by Crippen LogP contribution is 2.31. The Labute approximate surface area is 86.2 Å². The first kappa shape index (κ1) is 11.3. The quantitative estimate of drug-likeness (QED) is 0.897. The number of halogens is 4. The van der Waals surface area contributed by atoms with Crippen LogP contribution in [0.5, 0.6) is 5.75 Å². The standard InChI is InChI=1S/C7H6BrF3N2O/c8-6-4(3-12)13-2-1-5(6)14-7(9,10)11/h1-2H,3,12H2. The van der Waals surface area contributed by atoms with Gasteiger partial charge >= 0.3 is 6.36 Å². The van der Waals surface area contributed by atoms with Gasteiger partial charge in [0.05, 0.1) is 10.2 Å². The number of rotatable bonds is 2. The van der Waals surface area contributed by atoms with Crippen LogP contribution in [0.3, 0.4) is 0 Å². The van der Waals surface area contributed by atoms with Gasteiger partial charge in [0, 0.05) is 18.8 Å². The van der Waals surface area contributed by atoms with Crippen LogP contribution in [0, 0.1) is 0 Å². The Morgan fingerprint density at radius 1 is 1.50 bits per heavy atom. The molecule has 14 heavy (non-hydrogen) atoms. The van der Waals surface area contributed by atoms with Crippen molar-refractivity contribution in [2.75, 3.05) is 0 Å². The smallest absolute Gasteiger partial charge is 0.404 e. The van der Waals surface area contributed by atoms with Gasteiger partial charge in [0.1, 0.15) is 5.75 Å². The molecule has 2 N–H and O–H groups in total. The highest BCUT2D eigenvalue weighted by atomic mass is 79.9. The summed E-state index contributed by atoms with van der Waals surface area (Å²) >= 11 is 2.93. The monoisotopic (exact) mass is 270 g/mol. The molecule has 0 amide bonds. The normalized spacial score (nSPS) is 11.5. The summed E-state index contributed by atoms with van der Waals surface area (Å²) in [6.45, 7) is 0.0373. The lowest BCUT2D eigenvalue weighted by Gasteiger charge is -2.11. The lowest BCUT2D eigenvalue weighted by Crippen LogP contribution is -2.18. The second-order valence-electron chi connectivity index (χ2n) is 2.32. The van der Waals surface area contributed by atoms with Crippen LogP contribution >= 0.6 is 15.9 Å². The van der Waals surface area contributed by atoms with Crippen LogP contribution in [-0.4, -0.2) is 11.3 Å². The minimum Gasteiger partial charge on any atom is -0.404 e. The van der Waals surface area contributed by atoms with Gasteiger partial charge < -0.3 is 10.5 Å². The van der Waals surface area contributed by atoms with Gasteiger partial charge in [0.2, 0.25) is 0 Å². The van der Waals surface area contributed by atoms with E-state index in [0.717, 1.165) is 6.07 Å². The molecule has 1 rings (SSSR count). The van der Waals surface area contributed by atoms with Gasteiger partial charge in [-0.25, -0.2) is 0 Å². The fraction of sp³-hybridized carbons (Fsp3) is 0.286. The van der Waals surface area contributed by atoms with E-state index in [1.807, 2.05) is 0 Å². The van der Waals surface area contributed by atoms with Crippen LogP contribution in [-0.2, 0) is 6.54 Å². The summed E-state index contributed by atoms with van der Waals surface area (Å²) < 4.78 is 39.4. The average Bonchev–Trinajstić information content (AvgIpc) is 2.06. The number of nitrogens with zero attached hydrogens (tertiary/aromatic N) is 1. The number of hydrogen-bond acceptors (Lipinski definition) is 3. The predicted octanol–water partition coefficient (Wildman–Crippen LogP) is 2.20. The van der Waals surface area contributed by atoms with E-state index in [1.165, 1.54) is 6.20 Å². The maximum Gasteiger partial charge on any atom is 0.573 e. The van der Waals surface area contributed by atoms with E-state index in [2.05, 4.69) is 25.7 Å². The fourth-order valence-corrected chi connectivity index (χ4v) is 1.29. The van der Waals surface area contributed by atoms with Crippen LogP contribution in [0.15, 0.2) is 16.7 Å². The summed E-state index contributed by atoms with van der Waals surface area (Å²) in [6, 6.07) is 1.11. The highest BCUT2D eigenvalue weighted by molar-refractivity contribution is 9.10. The molecule has 78 valence electrons. The first-order valence-electron chi connectivity index (χ1n) is 3.53. The molecule has 0 radical (unpaired) electrons. The summed E-state index contributed by atoms with van der Waals surface area (Å²) in [7, 11) is 0. The molecule has 7 heteroatoms. The summed E-state index contributed by atoms with van der Waals surface area (Å²) in [5.74, 6) is -0.340. The van der Waals surface area contributed by atoms with Crippen LogP contribution in [0.1, 0.15) is 5.69 Å². The highest BCUT2D eigenvalue weighted by Gasteiger charge is 2.32. The third-order valence-electron chi connectivity index (χ3n) is 1.35. The van der Waals surface area contributed by atoms with E-state index >= 15 is 0 Å². The molecule has 1 aromatic rings. The molecule has 1 aromatic heterocycles. The summed E-state index contributed by atoms with van der Waals surface area (Å²) in [4.78, 5) is 3.77. The van der Waals surface area contributed by atoms with Crippen molar-refractivity contribution in [1.29, 1.82) is 0 Å². The van der Waals surface area contributed by atoms with E-state index in [4.69, 9.17) is 5.73 Å². The molecule has 0 fully saturated rings. The van der Waals surface area contributed by atoms with Gasteiger partial charge in [-0.05, 0) is 15.9 Å². The Bertz CT molecular complexity index is 329. The molecule has 0 aliphatic carbocycles. The molecule has 1 heterocycles. The molecular weight excluding hydrogens is 265 g/mol. The molecule has 0 aromatic carbocycles. The van der Waals surface area contributed by atoms with Crippen molar-refractivity contribution in [1.82, 2.24) is 4.98 Å². The third kappa shape index (κ3) is 2.85. The number of pyridine rings is 1. The lowest BCUT2D eigenvalue weighted by molar-refractivity contribution is -0.274. The van der Waals surface area contributed by atoms with Gasteiger partial charge in [0.25, 0.3) is 0 Å².